The average Bonchev–Trinajstić information content (AvgIpc) is 2.98. The zero-order valence-corrected chi connectivity index (χ0v) is 11.8. The van der Waals surface area contributed by atoms with Crippen LogP contribution >= 0.6 is 0 Å². The van der Waals surface area contributed by atoms with Crippen LogP contribution in [0.1, 0.15) is 15.9 Å². The van der Waals surface area contributed by atoms with Gasteiger partial charge in [-0.1, -0.05) is 18.2 Å². The first kappa shape index (κ1) is 14.8. The van der Waals surface area contributed by atoms with Crippen LogP contribution in [0, 0.1) is 0 Å². The highest BCUT2D eigenvalue weighted by atomic mass is 16.4. The van der Waals surface area contributed by atoms with Crippen LogP contribution in [-0.2, 0) is 17.8 Å². The van der Waals surface area contributed by atoms with Crippen molar-refractivity contribution in [3.63, 3.8) is 0 Å². The van der Waals surface area contributed by atoms with Crippen molar-refractivity contribution in [1.82, 2.24) is 14.7 Å². The van der Waals surface area contributed by atoms with Gasteiger partial charge in [-0.05, 0) is 17.7 Å². The molecule has 1 N–H and O–H groups in total. The molecule has 0 saturated carbocycles. The van der Waals surface area contributed by atoms with Gasteiger partial charge in [-0.25, -0.2) is 4.79 Å². The van der Waals surface area contributed by atoms with E-state index in [2.05, 4.69) is 5.10 Å². The molecule has 0 radical (unpaired) electrons. The SMILES string of the molecule is CN(CCn1cccn1)C(=O)Cc1ccccc1C(=O)O. The topological polar surface area (TPSA) is 75.4 Å². The Morgan fingerprint density at radius 2 is 2.05 bits per heavy atom. The minimum absolute atomic E-state index is 0.0814. The Morgan fingerprint density at radius 3 is 2.71 bits per heavy atom. The van der Waals surface area contributed by atoms with Crippen molar-refractivity contribution in [3.05, 3.63) is 53.9 Å². The Kier molecular flexibility index (Phi) is 4.71. The molecule has 1 amide bonds. The van der Waals surface area contributed by atoms with E-state index in [1.807, 2.05) is 12.3 Å². The van der Waals surface area contributed by atoms with Crippen LogP contribution in [0.2, 0.25) is 0 Å². The Hall–Kier alpha value is -2.63. The molecular formula is C15H17N3O3. The van der Waals surface area contributed by atoms with E-state index in [-0.39, 0.29) is 17.9 Å². The van der Waals surface area contributed by atoms with Crippen molar-refractivity contribution >= 4 is 11.9 Å². The van der Waals surface area contributed by atoms with Gasteiger partial charge in [0.1, 0.15) is 0 Å². The number of benzene rings is 1. The first-order valence-corrected chi connectivity index (χ1v) is 6.60. The molecule has 1 aromatic carbocycles. The number of likely N-dealkylation sites (N-methyl/N-ethyl adjacent to an activating group) is 1. The lowest BCUT2D eigenvalue weighted by Crippen LogP contribution is -2.31. The smallest absolute Gasteiger partial charge is 0.335 e. The van der Waals surface area contributed by atoms with E-state index in [1.165, 1.54) is 6.07 Å². The molecule has 0 aliphatic rings. The van der Waals surface area contributed by atoms with Crippen molar-refractivity contribution in [2.75, 3.05) is 13.6 Å². The molecule has 0 atom stereocenters. The fourth-order valence-corrected chi connectivity index (χ4v) is 1.99. The molecular weight excluding hydrogens is 270 g/mol. The maximum atomic E-state index is 12.2. The van der Waals surface area contributed by atoms with E-state index in [0.717, 1.165) is 0 Å². The van der Waals surface area contributed by atoms with Gasteiger partial charge in [0.05, 0.1) is 18.5 Å². The van der Waals surface area contributed by atoms with Gasteiger partial charge >= 0.3 is 5.97 Å². The lowest BCUT2D eigenvalue weighted by atomic mass is 10.0. The second-order valence-electron chi connectivity index (χ2n) is 4.72. The van der Waals surface area contributed by atoms with Gasteiger partial charge in [0, 0.05) is 26.0 Å². The van der Waals surface area contributed by atoms with Gasteiger partial charge in [0.15, 0.2) is 0 Å². The largest absolute Gasteiger partial charge is 0.478 e. The number of hydrogen-bond donors (Lipinski definition) is 1. The number of rotatable bonds is 6. The van der Waals surface area contributed by atoms with E-state index in [4.69, 9.17) is 5.11 Å². The number of carbonyl (C=O) groups is 2. The van der Waals surface area contributed by atoms with Gasteiger partial charge in [0.2, 0.25) is 5.91 Å². The number of hydrogen-bond acceptors (Lipinski definition) is 3. The van der Waals surface area contributed by atoms with Crippen molar-refractivity contribution in [1.29, 1.82) is 0 Å². The predicted molar refractivity (Wildman–Crippen MR) is 77.0 cm³/mol. The second kappa shape index (κ2) is 6.69. The summed E-state index contributed by atoms with van der Waals surface area (Å²) >= 11 is 0. The van der Waals surface area contributed by atoms with Crippen LogP contribution in [0.5, 0.6) is 0 Å². The summed E-state index contributed by atoms with van der Waals surface area (Å²) < 4.78 is 1.75. The van der Waals surface area contributed by atoms with Crippen molar-refractivity contribution < 1.29 is 14.7 Å². The maximum Gasteiger partial charge on any atom is 0.335 e. The Balaban J connectivity index is 1.96. The lowest BCUT2D eigenvalue weighted by molar-refractivity contribution is -0.129. The molecule has 6 heteroatoms. The molecule has 0 fully saturated rings. The number of nitrogens with zero attached hydrogens (tertiary/aromatic N) is 3. The number of amides is 1. The van der Waals surface area contributed by atoms with E-state index in [1.54, 1.807) is 41.0 Å². The Morgan fingerprint density at radius 1 is 1.29 bits per heavy atom. The van der Waals surface area contributed by atoms with Crippen LogP contribution < -0.4 is 0 Å². The van der Waals surface area contributed by atoms with E-state index >= 15 is 0 Å². The third-order valence-corrected chi connectivity index (χ3v) is 3.24. The van der Waals surface area contributed by atoms with Crippen LogP contribution in [-0.4, -0.2) is 45.3 Å². The van der Waals surface area contributed by atoms with Crippen LogP contribution in [0.25, 0.3) is 0 Å². The highest BCUT2D eigenvalue weighted by Crippen LogP contribution is 2.10. The summed E-state index contributed by atoms with van der Waals surface area (Å²) in [5.74, 6) is -1.13. The van der Waals surface area contributed by atoms with Crippen LogP contribution in [0.3, 0.4) is 0 Å². The molecule has 21 heavy (non-hydrogen) atoms. The van der Waals surface area contributed by atoms with Crippen LogP contribution in [0.15, 0.2) is 42.7 Å². The van der Waals surface area contributed by atoms with Gasteiger partial charge < -0.3 is 10.0 Å². The maximum absolute atomic E-state index is 12.2. The summed E-state index contributed by atoms with van der Waals surface area (Å²) in [6, 6.07) is 8.39. The molecule has 110 valence electrons. The van der Waals surface area contributed by atoms with E-state index in [0.29, 0.717) is 18.7 Å². The highest BCUT2D eigenvalue weighted by Gasteiger charge is 2.15. The summed E-state index contributed by atoms with van der Waals surface area (Å²) in [6.07, 6.45) is 3.60. The highest BCUT2D eigenvalue weighted by molar-refractivity contribution is 5.91. The molecule has 1 heterocycles. The van der Waals surface area contributed by atoms with Gasteiger partial charge in [-0.15, -0.1) is 0 Å². The first-order valence-electron chi connectivity index (χ1n) is 6.60. The monoisotopic (exact) mass is 287 g/mol. The zero-order valence-electron chi connectivity index (χ0n) is 11.8. The minimum atomic E-state index is -1.02. The molecule has 0 unspecified atom stereocenters. The van der Waals surface area contributed by atoms with Gasteiger partial charge in [-0.2, -0.15) is 5.10 Å². The summed E-state index contributed by atoms with van der Waals surface area (Å²) in [7, 11) is 1.70. The molecule has 1 aromatic heterocycles. The molecule has 2 aromatic rings. The van der Waals surface area contributed by atoms with Crippen molar-refractivity contribution in [3.8, 4) is 0 Å². The fourth-order valence-electron chi connectivity index (χ4n) is 1.99. The normalized spacial score (nSPS) is 10.3. The molecule has 0 bridgehead atoms. The molecule has 0 aliphatic carbocycles. The summed E-state index contributed by atoms with van der Waals surface area (Å²) in [4.78, 5) is 24.9. The quantitative estimate of drug-likeness (QED) is 0.868. The Labute approximate surface area is 122 Å². The van der Waals surface area contributed by atoms with Gasteiger partial charge in [-0.3, -0.25) is 9.48 Å². The molecule has 0 spiro atoms. The zero-order chi connectivity index (χ0) is 15.2. The lowest BCUT2D eigenvalue weighted by Gasteiger charge is -2.17. The van der Waals surface area contributed by atoms with Crippen molar-refractivity contribution in [2.24, 2.45) is 0 Å². The average molecular weight is 287 g/mol. The number of aromatic nitrogens is 2. The molecule has 0 saturated heterocycles. The second-order valence-corrected chi connectivity index (χ2v) is 4.72. The van der Waals surface area contributed by atoms with Crippen LogP contribution in [0.4, 0.5) is 0 Å². The molecule has 0 aliphatic heterocycles. The number of carboxylic acids is 1. The fraction of sp³-hybridized carbons (Fsp3) is 0.267. The van der Waals surface area contributed by atoms with Gasteiger partial charge in [0.25, 0.3) is 0 Å². The number of carbonyl (C=O) groups excluding carboxylic acids is 1. The predicted octanol–water partition coefficient (Wildman–Crippen LogP) is 1.28. The summed E-state index contributed by atoms with van der Waals surface area (Å²) in [5.41, 5.74) is 0.701. The summed E-state index contributed by atoms with van der Waals surface area (Å²) in [6.45, 7) is 1.13. The van der Waals surface area contributed by atoms with E-state index < -0.39 is 5.97 Å². The first-order chi connectivity index (χ1) is 10.1. The molecule has 6 nitrogen and oxygen atoms in total. The third kappa shape index (κ3) is 3.92. The van der Waals surface area contributed by atoms with Crippen molar-refractivity contribution in [2.45, 2.75) is 13.0 Å². The molecule has 2 rings (SSSR count). The Bertz CT molecular complexity index is 623. The third-order valence-electron chi connectivity index (χ3n) is 3.24. The van der Waals surface area contributed by atoms with E-state index in [9.17, 15) is 9.59 Å². The summed E-state index contributed by atoms with van der Waals surface area (Å²) in [5, 5.41) is 13.2. The number of aromatic carboxylic acids is 1. The minimum Gasteiger partial charge on any atom is -0.478 e. The number of carboxylic acid groups (broad SMARTS) is 1. The standard InChI is InChI=1S/C15H17N3O3/c1-17(9-10-18-8-4-7-16-18)14(19)11-12-5-2-3-6-13(12)15(20)21/h2-8H,9-11H2,1H3,(H,20,21).